The van der Waals surface area contributed by atoms with Crippen LogP contribution in [0.1, 0.15) is 18.5 Å². The SMILES string of the molecule is COc1ncc(-c2ccc3nc(N)n([C@@H](C)c4ccccc4)c3c2)cc1NS(=O)(=O)c1ccc(F)cc1F.O=CO. The van der Waals surface area contributed by atoms with Gasteiger partial charge < -0.3 is 20.1 Å². The van der Waals surface area contributed by atoms with Crippen molar-refractivity contribution in [3.63, 3.8) is 0 Å². The van der Waals surface area contributed by atoms with Crippen molar-refractivity contribution in [3.05, 3.63) is 96.2 Å². The fraction of sp³-hybridized carbons (Fsp3) is 0.107. The zero-order valence-corrected chi connectivity index (χ0v) is 22.6. The number of ether oxygens (including phenoxy) is 1. The summed E-state index contributed by atoms with van der Waals surface area (Å²) in [6.45, 7) is 1.77. The Hall–Kier alpha value is -5.04. The average molecular weight is 582 g/mol. The van der Waals surface area contributed by atoms with Crippen LogP contribution >= 0.6 is 0 Å². The summed E-state index contributed by atoms with van der Waals surface area (Å²) >= 11 is 0. The molecule has 13 heteroatoms. The summed E-state index contributed by atoms with van der Waals surface area (Å²) < 4.78 is 62.8. The summed E-state index contributed by atoms with van der Waals surface area (Å²) in [4.78, 5) is 16.4. The number of anilines is 2. The average Bonchev–Trinajstić information content (AvgIpc) is 3.28. The van der Waals surface area contributed by atoms with Gasteiger partial charge in [0.2, 0.25) is 11.8 Å². The molecule has 0 spiro atoms. The van der Waals surface area contributed by atoms with Gasteiger partial charge in [-0.3, -0.25) is 9.52 Å². The topological polar surface area (TPSA) is 149 Å². The van der Waals surface area contributed by atoms with E-state index in [1.54, 1.807) is 0 Å². The lowest BCUT2D eigenvalue weighted by atomic mass is 10.1. The van der Waals surface area contributed by atoms with Crippen LogP contribution in [0.15, 0.2) is 83.9 Å². The Balaban J connectivity index is 0.00000124. The highest BCUT2D eigenvalue weighted by molar-refractivity contribution is 7.92. The second-order valence-electron chi connectivity index (χ2n) is 8.70. The normalized spacial score (nSPS) is 11.8. The van der Waals surface area contributed by atoms with Gasteiger partial charge >= 0.3 is 0 Å². The van der Waals surface area contributed by atoms with Gasteiger partial charge in [-0.15, -0.1) is 0 Å². The third-order valence-corrected chi connectivity index (χ3v) is 7.59. The van der Waals surface area contributed by atoms with Crippen molar-refractivity contribution in [1.82, 2.24) is 14.5 Å². The molecule has 0 aliphatic rings. The molecular weight excluding hydrogens is 556 g/mol. The van der Waals surface area contributed by atoms with Gasteiger partial charge in [-0.05, 0) is 48.4 Å². The van der Waals surface area contributed by atoms with Crippen LogP contribution < -0.4 is 15.2 Å². The zero-order chi connectivity index (χ0) is 29.7. The van der Waals surface area contributed by atoms with Crippen LogP contribution in [0.2, 0.25) is 0 Å². The Kier molecular flexibility index (Phi) is 8.48. The molecule has 0 saturated heterocycles. The molecule has 3 aromatic carbocycles. The lowest BCUT2D eigenvalue weighted by molar-refractivity contribution is -0.122. The fourth-order valence-electron chi connectivity index (χ4n) is 4.32. The van der Waals surface area contributed by atoms with Gasteiger partial charge in [0.05, 0.1) is 24.2 Å². The number of hydrogen-bond donors (Lipinski definition) is 3. The number of pyridine rings is 1. The third-order valence-electron chi connectivity index (χ3n) is 6.19. The second kappa shape index (κ2) is 12.0. The van der Waals surface area contributed by atoms with Gasteiger partial charge in [-0.2, -0.15) is 0 Å². The van der Waals surface area contributed by atoms with Crippen molar-refractivity contribution in [1.29, 1.82) is 0 Å². The number of sulfonamides is 1. The first-order chi connectivity index (χ1) is 19.6. The zero-order valence-electron chi connectivity index (χ0n) is 21.8. The number of hydrogen-bond acceptors (Lipinski definition) is 7. The highest BCUT2D eigenvalue weighted by atomic mass is 32.2. The smallest absolute Gasteiger partial charge is 0.290 e. The number of imidazole rings is 1. The standard InChI is InChI=1S/C27H23F2N5O3S.CH2O2/c1-16(17-6-4-3-5-7-17)34-24-13-18(8-10-22(24)32-27(34)30)19-12-23(26(37-2)31-15-19)33-38(35,36)25-11-9-20(28)14-21(25)29;2-1-3/h3-16,33H,1-2H3,(H2,30,32);1H,(H,2,3)/t16-;/m0./s1. The largest absolute Gasteiger partial charge is 0.483 e. The first-order valence-electron chi connectivity index (χ1n) is 12.0. The number of carboxylic acid groups (broad SMARTS) is 1. The summed E-state index contributed by atoms with van der Waals surface area (Å²) in [6, 6.07) is 19.0. The van der Waals surface area contributed by atoms with E-state index in [1.165, 1.54) is 19.4 Å². The number of nitrogens with one attached hydrogen (secondary N) is 1. The third kappa shape index (κ3) is 6.09. The summed E-state index contributed by atoms with van der Waals surface area (Å²) in [7, 11) is -3.08. The minimum Gasteiger partial charge on any atom is -0.483 e. The minimum absolute atomic E-state index is 0.0144. The predicted octanol–water partition coefficient (Wildman–Crippen LogP) is 5.08. The number of rotatable bonds is 7. The molecule has 0 fully saturated rings. The first-order valence-corrected chi connectivity index (χ1v) is 13.5. The Morgan fingerprint density at radius 1 is 1.05 bits per heavy atom. The second-order valence-corrected chi connectivity index (χ2v) is 10.3. The monoisotopic (exact) mass is 581 g/mol. The van der Waals surface area contributed by atoms with E-state index < -0.39 is 26.6 Å². The molecule has 4 N–H and O–H groups in total. The Morgan fingerprint density at radius 3 is 2.41 bits per heavy atom. The highest BCUT2D eigenvalue weighted by Gasteiger charge is 2.23. The molecule has 212 valence electrons. The molecule has 0 aliphatic carbocycles. The van der Waals surface area contributed by atoms with Crippen molar-refractivity contribution < 1.29 is 31.8 Å². The molecule has 41 heavy (non-hydrogen) atoms. The van der Waals surface area contributed by atoms with Crippen LogP contribution in [-0.4, -0.2) is 41.6 Å². The van der Waals surface area contributed by atoms with Crippen LogP contribution in [0.4, 0.5) is 20.4 Å². The number of nitrogens with zero attached hydrogens (tertiary/aromatic N) is 3. The van der Waals surface area contributed by atoms with Crippen molar-refractivity contribution in [2.75, 3.05) is 17.6 Å². The quantitative estimate of drug-likeness (QED) is 0.225. The molecule has 0 bridgehead atoms. The maximum Gasteiger partial charge on any atom is 0.290 e. The van der Waals surface area contributed by atoms with Crippen LogP contribution in [0.5, 0.6) is 5.88 Å². The van der Waals surface area contributed by atoms with E-state index in [0.29, 0.717) is 28.7 Å². The number of benzene rings is 3. The summed E-state index contributed by atoms with van der Waals surface area (Å²) in [5, 5.41) is 6.89. The van der Waals surface area contributed by atoms with Crippen molar-refractivity contribution >= 4 is 39.2 Å². The minimum atomic E-state index is -4.41. The number of halogens is 2. The Labute approximate surface area is 234 Å². The Bertz CT molecular complexity index is 1810. The molecule has 2 heterocycles. The van der Waals surface area contributed by atoms with E-state index in [0.717, 1.165) is 23.2 Å². The van der Waals surface area contributed by atoms with Crippen molar-refractivity contribution in [3.8, 4) is 17.0 Å². The van der Waals surface area contributed by atoms with E-state index in [-0.39, 0.29) is 24.1 Å². The van der Waals surface area contributed by atoms with E-state index in [4.69, 9.17) is 20.4 Å². The molecule has 0 amide bonds. The van der Waals surface area contributed by atoms with Gasteiger partial charge in [0.25, 0.3) is 16.5 Å². The molecular formula is C28H25F2N5O5S. The lowest BCUT2D eigenvalue weighted by Gasteiger charge is -2.17. The summed E-state index contributed by atoms with van der Waals surface area (Å²) in [5.74, 6) is -1.77. The summed E-state index contributed by atoms with van der Waals surface area (Å²) in [6.07, 6.45) is 1.53. The van der Waals surface area contributed by atoms with Crippen molar-refractivity contribution in [2.24, 2.45) is 0 Å². The predicted molar refractivity (Wildman–Crippen MR) is 150 cm³/mol. The van der Waals surface area contributed by atoms with Crippen LogP contribution in [0.25, 0.3) is 22.2 Å². The maximum atomic E-state index is 14.2. The lowest BCUT2D eigenvalue weighted by Crippen LogP contribution is -2.15. The molecule has 0 aliphatic heterocycles. The molecule has 0 unspecified atom stereocenters. The van der Waals surface area contributed by atoms with Crippen molar-refractivity contribution in [2.45, 2.75) is 17.9 Å². The van der Waals surface area contributed by atoms with E-state index >= 15 is 0 Å². The van der Waals surface area contributed by atoms with Gasteiger partial charge in [0, 0.05) is 17.8 Å². The first kappa shape index (κ1) is 29.0. The number of methoxy groups -OCH3 is 1. The molecule has 0 radical (unpaired) electrons. The number of aromatic nitrogens is 3. The van der Waals surface area contributed by atoms with E-state index in [1.807, 2.05) is 60.0 Å². The van der Waals surface area contributed by atoms with Gasteiger partial charge in [0.1, 0.15) is 22.2 Å². The highest BCUT2D eigenvalue weighted by Crippen LogP contribution is 2.34. The molecule has 5 aromatic rings. The molecule has 10 nitrogen and oxygen atoms in total. The molecule has 2 aromatic heterocycles. The fourth-order valence-corrected chi connectivity index (χ4v) is 5.43. The Morgan fingerprint density at radius 2 is 1.76 bits per heavy atom. The molecule has 0 saturated carbocycles. The van der Waals surface area contributed by atoms with Crippen LogP contribution in [-0.2, 0) is 14.8 Å². The van der Waals surface area contributed by atoms with Crippen LogP contribution in [0, 0.1) is 11.6 Å². The van der Waals surface area contributed by atoms with E-state index in [9.17, 15) is 17.2 Å². The number of fused-ring (bicyclic) bond motifs is 1. The maximum absolute atomic E-state index is 14.2. The van der Waals surface area contributed by atoms with Crippen LogP contribution in [0.3, 0.4) is 0 Å². The summed E-state index contributed by atoms with van der Waals surface area (Å²) in [5.41, 5.74) is 10.1. The van der Waals surface area contributed by atoms with Gasteiger partial charge in [-0.1, -0.05) is 36.4 Å². The number of carbonyl (C=O) groups is 1. The number of nitrogen functional groups attached to an aromatic ring is 1. The number of nitrogens with two attached hydrogens (primary N) is 1. The molecule has 1 atom stereocenters. The van der Waals surface area contributed by atoms with Gasteiger partial charge in [0.15, 0.2) is 0 Å². The molecule has 5 rings (SSSR count). The van der Waals surface area contributed by atoms with Gasteiger partial charge in [-0.25, -0.2) is 27.2 Å². The van der Waals surface area contributed by atoms with E-state index in [2.05, 4.69) is 14.7 Å².